The van der Waals surface area contributed by atoms with Gasteiger partial charge in [-0.05, 0) is 6.92 Å². The molecule has 0 N–H and O–H groups in total. The fourth-order valence-corrected chi connectivity index (χ4v) is 1.75. The predicted molar refractivity (Wildman–Crippen MR) is 51.4 cm³/mol. The molecule has 1 atom stereocenters. The predicted octanol–water partition coefficient (Wildman–Crippen LogP) is 1.72. The number of rotatable bonds is 1. The Bertz CT molecular complexity index is 363. The summed E-state index contributed by atoms with van der Waals surface area (Å²) < 4.78 is 10.2. The summed E-state index contributed by atoms with van der Waals surface area (Å²) in [7, 11) is 1.37. The molecule has 0 aromatic rings. The number of hydrogen-bond acceptors (Lipinski definition) is 3. The molecule has 0 bridgehead atoms. The smallest absolute Gasteiger partial charge is 0.341 e. The summed E-state index contributed by atoms with van der Waals surface area (Å²) in [5.74, 6) is -0.338. The van der Waals surface area contributed by atoms with E-state index in [0.29, 0.717) is 5.57 Å². The molecule has 0 aromatic heterocycles. The fourth-order valence-electron chi connectivity index (χ4n) is 1.75. The molecule has 0 saturated heterocycles. The number of ether oxygens (including phenoxy) is 2. The lowest BCUT2D eigenvalue weighted by Crippen LogP contribution is -2.27. The second-order valence-corrected chi connectivity index (χ2v) is 3.58. The van der Waals surface area contributed by atoms with Crippen molar-refractivity contribution in [3.05, 3.63) is 35.6 Å². The van der Waals surface area contributed by atoms with E-state index < -0.39 is 0 Å². The van der Waals surface area contributed by atoms with Crippen LogP contribution >= 0.6 is 0 Å². The SMILES string of the molecule is COC(=O)C1=COC2(C)CC=CC=C12. The number of methoxy groups -OCH3 is 1. The minimum Gasteiger partial charge on any atom is -0.489 e. The highest BCUT2D eigenvalue weighted by Crippen LogP contribution is 2.39. The van der Waals surface area contributed by atoms with Crippen molar-refractivity contribution in [2.75, 3.05) is 7.11 Å². The third-order valence-corrected chi connectivity index (χ3v) is 2.61. The summed E-state index contributed by atoms with van der Waals surface area (Å²) >= 11 is 0. The first-order valence-electron chi connectivity index (χ1n) is 4.51. The summed E-state index contributed by atoms with van der Waals surface area (Å²) in [5.41, 5.74) is 1.06. The van der Waals surface area contributed by atoms with Gasteiger partial charge in [-0.1, -0.05) is 18.2 Å². The molecule has 1 unspecified atom stereocenters. The van der Waals surface area contributed by atoms with Crippen LogP contribution in [-0.2, 0) is 14.3 Å². The first-order chi connectivity index (χ1) is 6.67. The Hall–Kier alpha value is -1.51. The third-order valence-electron chi connectivity index (χ3n) is 2.61. The second-order valence-electron chi connectivity index (χ2n) is 3.58. The zero-order chi connectivity index (χ0) is 10.2. The van der Waals surface area contributed by atoms with Crippen LogP contribution in [0, 0.1) is 0 Å². The lowest BCUT2D eigenvalue weighted by molar-refractivity contribution is -0.135. The number of carbonyl (C=O) groups is 1. The van der Waals surface area contributed by atoms with Gasteiger partial charge in [-0.2, -0.15) is 0 Å². The normalized spacial score (nSPS) is 28.7. The summed E-state index contributed by atoms with van der Waals surface area (Å²) in [5, 5.41) is 0. The number of fused-ring (bicyclic) bond motifs is 1. The topological polar surface area (TPSA) is 35.5 Å². The molecule has 1 aliphatic carbocycles. The summed E-state index contributed by atoms with van der Waals surface area (Å²) in [6.07, 6.45) is 8.14. The van der Waals surface area contributed by atoms with E-state index in [1.807, 2.05) is 25.2 Å². The summed E-state index contributed by atoms with van der Waals surface area (Å²) in [4.78, 5) is 11.4. The monoisotopic (exact) mass is 192 g/mol. The Kier molecular flexibility index (Phi) is 1.95. The van der Waals surface area contributed by atoms with Gasteiger partial charge >= 0.3 is 5.97 Å². The number of carbonyl (C=O) groups excluding carboxylic acids is 1. The summed E-state index contributed by atoms with van der Waals surface area (Å²) in [6, 6.07) is 0. The first-order valence-corrected chi connectivity index (χ1v) is 4.51. The van der Waals surface area contributed by atoms with Crippen molar-refractivity contribution < 1.29 is 14.3 Å². The Morgan fingerprint density at radius 1 is 1.64 bits per heavy atom. The quantitative estimate of drug-likeness (QED) is 0.593. The van der Waals surface area contributed by atoms with E-state index in [-0.39, 0.29) is 11.6 Å². The molecule has 3 heteroatoms. The maximum atomic E-state index is 11.4. The molecule has 3 nitrogen and oxygen atoms in total. The molecule has 1 heterocycles. The van der Waals surface area contributed by atoms with Gasteiger partial charge in [-0.3, -0.25) is 0 Å². The lowest BCUT2D eigenvalue weighted by Gasteiger charge is -2.26. The van der Waals surface area contributed by atoms with Crippen LogP contribution < -0.4 is 0 Å². The number of esters is 1. The van der Waals surface area contributed by atoms with Crippen LogP contribution in [0.2, 0.25) is 0 Å². The molecule has 0 saturated carbocycles. The van der Waals surface area contributed by atoms with Crippen LogP contribution in [0.15, 0.2) is 35.6 Å². The molecule has 0 amide bonds. The molecule has 0 fully saturated rings. The zero-order valence-electron chi connectivity index (χ0n) is 8.24. The van der Waals surface area contributed by atoms with E-state index in [1.165, 1.54) is 13.4 Å². The Morgan fingerprint density at radius 3 is 3.14 bits per heavy atom. The van der Waals surface area contributed by atoms with E-state index in [2.05, 4.69) is 4.74 Å². The number of allylic oxidation sites excluding steroid dienone is 2. The standard InChI is InChI=1S/C11H12O3/c1-11-6-4-3-5-9(11)8(7-14-11)10(12)13-2/h3-5,7H,6H2,1-2H3. The van der Waals surface area contributed by atoms with E-state index >= 15 is 0 Å². The second kappa shape index (κ2) is 3.01. The molecule has 2 rings (SSSR count). The first kappa shape index (κ1) is 9.06. The summed E-state index contributed by atoms with van der Waals surface area (Å²) in [6.45, 7) is 1.97. The van der Waals surface area contributed by atoms with Gasteiger partial charge in [0.2, 0.25) is 0 Å². The number of hydrogen-bond donors (Lipinski definition) is 0. The van der Waals surface area contributed by atoms with E-state index in [4.69, 9.17) is 4.74 Å². The lowest BCUT2D eigenvalue weighted by atomic mass is 9.86. The minimum atomic E-state index is -0.377. The van der Waals surface area contributed by atoms with E-state index in [0.717, 1.165) is 12.0 Å². The maximum Gasteiger partial charge on any atom is 0.341 e. The van der Waals surface area contributed by atoms with Gasteiger partial charge in [0, 0.05) is 12.0 Å². The van der Waals surface area contributed by atoms with Crippen molar-refractivity contribution in [3.8, 4) is 0 Å². The Morgan fingerprint density at radius 2 is 2.43 bits per heavy atom. The Balaban J connectivity index is 2.35. The van der Waals surface area contributed by atoms with Crippen molar-refractivity contribution in [2.45, 2.75) is 18.9 Å². The molecule has 1 aliphatic heterocycles. The largest absolute Gasteiger partial charge is 0.489 e. The fraction of sp³-hybridized carbons (Fsp3) is 0.364. The molecular formula is C11H12O3. The van der Waals surface area contributed by atoms with Gasteiger partial charge in [0.15, 0.2) is 0 Å². The zero-order valence-corrected chi connectivity index (χ0v) is 8.24. The van der Waals surface area contributed by atoms with Crippen molar-refractivity contribution in [1.82, 2.24) is 0 Å². The van der Waals surface area contributed by atoms with Crippen LogP contribution in [0.3, 0.4) is 0 Å². The highest BCUT2D eigenvalue weighted by atomic mass is 16.5. The molecule has 74 valence electrons. The van der Waals surface area contributed by atoms with Crippen molar-refractivity contribution in [3.63, 3.8) is 0 Å². The molecule has 0 spiro atoms. The minimum absolute atomic E-state index is 0.338. The Labute approximate surface area is 82.7 Å². The van der Waals surface area contributed by atoms with Crippen LogP contribution in [0.4, 0.5) is 0 Å². The van der Waals surface area contributed by atoms with Gasteiger partial charge in [0.1, 0.15) is 11.2 Å². The van der Waals surface area contributed by atoms with E-state index in [9.17, 15) is 4.79 Å². The maximum absolute atomic E-state index is 11.4. The van der Waals surface area contributed by atoms with Gasteiger partial charge in [0.05, 0.1) is 13.4 Å². The van der Waals surface area contributed by atoms with Crippen LogP contribution in [0.25, 0.3) is 0 Å². The molecule has 2 aliphatic rings. The molecule has 14 heavy (non-hydrogen) atoms. The molecule has 0 aromatic carbocycles. The van der Waals surface area contributed by atoms with Crippen molar-refractivity contribution in [2.24, 2.45) is 0 Å². The van der Waals surface area contributed by atoms with Crippen molar-refractivity contribution in [1.29, 1.82) is 0 Å². The van der Waals surface area contributed by atoms with Crippen molar-refractivity contribution >= 4 is 5.97 Å². The van der Waals surface area contributed by atoms with Gasteiger partial charge in [-0.15, -0.1) is 0 Å². The van der Waals surface area contributed by atoms with Gasteiger partial charge in [-0.25, -0.2) is 4.79 Å². The third kappa shape index (κ3) is 1.16. The molecule has 0 radical (unpaired) electrons. The highest BCUT2D eigenvalue weighted by molar-refractivity contribution is 5.94. The van der Waals surface area contributed by atoms with Gasteiger partial charge < -0.3 is 9.47 Å². The molecular weight excluding hydrogens is 180 g/mol. The van der Waals surface area contributed by atoms with Crippen LogP contribution in [0.5, 0.6) is 0 Å². The average Bonchev–Trinajstić information content (AvgIpc) is 2.54. The average molecular weight is 192 g/mol. The van der Waals surface area contributed by atoms with Crippen LogP contribution in [-0.4, -0.2) is 18.7 Å². The highest BCUT2D eigenvalue weighted by Gasteiger charge is 2.40. The van der Waals surface area contributed by atoms with Crippen LogP contribution in [0.1, 0.15) is 13.3 Å². The van der Waals surface area contributed by atoms with E-state index in [1.54, 1.807) is 0 Å². The van der Waals surface area contributed by atoms with Gasteiger partial charge in [0.25, 0.3) is 0 Å².